The van der Waals surface area contributed by atoms with Gasteiger partial charge in [-0.3, -0.25) is 4.79 Å². The Hall–Kier alpha value is -1.08. The quantitative estimate of drug-likeness (QED) is 0.747. The zero-order chi connectivity index (χ0) is 12.1. The summed E-state index contributed by atoms with van der Waals surface area (Å²) in [6, 6.07) is 2.01. The summed E-state index contributed by atoms with van der Waals surface area (Å²) in [5.41, 5.74) is -0.435. The van der Waals surface area contributed by atoms with Gasteiger partial charge in [0, 0.05) is 7.11 Å². The van der Waals surface area contributed by atoms with Crippen molar-refractivity contribution in [1.82, 2.24) is 5.32 Å². The van der Waals surface area contributed by atoms with Crippen LogP contribution in [0.4, 0.5) is 0 Å². The number of carbonyl (C=O) groups is 1. The Morgan fingerprint density at radius 3 is 2.40 bits per heavy atom. The van der Waals surface area contributed by atoms with E-state index in [4.69, 9.17) is 10.00 Å². The van der Waals surface area contributed by atoms with E-state index in [1.165, 1.54) is 0 Å². The standard InChI is InChI=1S/C11H20N2O2/c1-8(2)9(6-12)10(14)13-11(3,4)7-15-5/h8-9H,7H2,1-5H3,(H,13,14). The van der Waals surface area contributed by atoms with Gasteiger partial charge in [-0.2, -0.15) is 5.26 Å². The van der Waals surface area contributed by atoms with Gasteiger partial charge in [0.1, 0.15) is 5.92 Å². The van der Waals surface area contributed by atoms with Gasteiger partial charge in [0.05, 0.1) is 18.2 Å². The number of ether oxygens (including phenoxy) is 1. The highest BCUT2D eigenvalue weighted by molar-refractivity contribution is 5.81. The van der Waals surface area contributed by atoms with Crippen LogP contribution >= 0.6 is 0 Å². The molecular formula is C11H20N2O2. The highest BCUT2D eigenvalue weighted by atomic mass is 16.5. The first-order chi connectivity index (χ1) is 6.84. The molecule has 0 aliphatic carbocycles. The molecule has 1 amide bonds. The van der Waals surface area contributed by atoms with Crippen LogP contribution in [0.5, 0.6) is 0 Å². The van der Waals surface area contributed by atoms with Crippen molar-refractivity contribution < 1.29 is 9.53 Å². The van der Waals surface area contributed by atoms with Gasteiger partial charge in [0.2, 0.25) is 5.91 Å². The molecule has 1 atom stereocenters. The summed E-state index contributed by atoms with van der Waals surface area (Å²) in [4.78, 5) is 11.7. The van der Waals surface area contributed by atoms with E-state index in [0.717, 1.165) is 0 Å². The number of nitriles is 1. The molecule has 0 radical (unpaired) electrons. The number of hydrogen-bond donors (Lipinski definition) is 1. The van der Waals surface area contributed by atoms with Crippen molar-refractivity contribution >= 4 is 5.91 Å². The average molecular weight is 212 g/mol. The summed E-state index contributed by atoms with van der Waals surface area (Å²) >= 11 is 0. The van der Waals surface area contributed by atoms with Crippen LogP contribution in [0, 0.1) is 23.2 Å². The lowest BCUT2D eigenvalue weighted by molar-refractivity contribution is -0.126. The number of nitrogens with zero attached hydrogens (tertiary/aromatic N) is 1. The van der Waals surface area contributed by atoms with Crippen molar-refractivity contribution in [2.75, 3.05) is 13.7 Å². The number of carbonyl (C=O) groups excluding carboxylic acids is 1. The third-order valence-electron chi connectivity index (χ3n) is 2.05. The molecule has 0 aliphatic rings. The summed E-state index contributed by atoms with van der Waals surface area (Å²) in [5.74, 6) is -0.802. The lowest BCUT2D eigenvalue weighted by atomic mass is 9.95. The highest BCUT2D eigenvalue weighted by Crippen LogP contribution is 2.12. The molecule has 0 bridgehead atoms. The van der Waals surface area contributed by atoms with E-state index in [2.05, 4.69) is 5.32 Å². The van der Waals surface area contributed by atoms with Gasteiger partial charge in [-0.25, -0.2) is 0 Å². The van der Waals surface area contributed by atoms with E-state index in [0.29, 0.717) is 6.61 Å². The molecular weight excluding hydrogens is 192 g/mol. The van der Waals surface area contributed by atoms with Gasteiger partial charge < -0.3 is 10.1 Å². The van der Waals surface area contributed by atoms with Crippen molar-refractivity contribution in [2.45, 2.75) is 33.2 Å². The Bertz CT molecular complexity index is 254. The molecule has 1 N–H and O–H groups in total. The smallest absolute Gasteiger partial charge is 0.238 e. The van der Waals surface area contributed by atoms with Crippen molar-refractivity contribution in [1.29, 1.82) is 5.26 Å². The minimum atomic E-state index is -0.596. The van der Waals surface area contributed by atoms with Crippen LogP contribution in [0.25, 0.3) is 0 Å². The van der Waals surface area contributed by atoms with Gasteiger partial charge in [-0.15, -0.1) is 0 Å². The van der Waals surface area contributed by atoms with Crippen molar-refractivity contribution in [3.8, 4) is 6.07 Å². The molecule has 1 unspecified atom stereocenters. The molecule has 0 aromatic rings. The van der Waals surface area contributed by atoms with Crippen LogP contribution in [0.2, 0.25) is 0 Å². The molecule has 0 aliphatic heterocycles. The minimum Gasteiger partial charge on any atom is -0.382 e. The first kappa shape index (κ1) is 13.9. The lowest BCUT2D eigenvalue weighted by Crippen LogP contribution is -2.49. The zero-order valence-electron chi connectivity index (χ0n) is 10.1. The fraction of sp³-hybridized carbons (Fsp3) is 0.818. The third-order valence-corrected chi connectivity index (χ3v) is 2.05. The van der Waals surface area contributed by atoms with Crippen LogP contribution in [0.3, 0.4) is 0 Å². The molecule has 0 heterocycles. The van der Waals surface area contributed by atoms with Crippen molar-refractivity contribution in [3.63, 3.8) is 0 Å². The third kappa shape index (κ3) is 4.80. The van der Waals surface area contributed by atoms with Crippen LogP contribution in [-0.2, 0) is 9.53 Å². The van der Waals surface area contributed by atoms with E-state index in [1.54, 1.807) is 7.11 Å². The summed E-state index contributed by atoms with van der Waals surface area (Å²) < 4.78 is 4.98. The molecule has 0 rings (SSSR count). The van der Waals surface area contributed by atoms with Gasteiger partial charge >= 0.3 is 0 Å². The number of amides is 1. The molecule has 4 nitrogen and oxygen atoms in total. The Morgan fingerprint density at radius 2 is 2.07 bits per heavy atom. The number of rotatable bonds is 5. The van der Waals surface area contributed by atoms with Crippen LogP contribution in [0.1, 0.15) is 27.7 Å². The molecule has 0 saturated heterocycles. The van der Waals surface area contributed by atoms with Crippen LogP contribution in [0.15, 0.2) is 0 Å². The molecule has 0 saturated carbocycles. The Morgan fingerprint density at radius 1 is 1.53 bits per heavy atom. The predicted octanol–water partition coefficient (Wildman–Crippen LogP) is 1.32. The van der Waals surface area contributed by atoms with Gasteiger partial charge in [0.15, 0.2) is 0 Å². The Balaban J connectivity index is 4.42. The summed E-state index contributed by atoms with van der Waals surface area (Å²) in [6.07, 6.45) is 0. The van der Waals surface area contributed by atoms with Gasteiger partial charge in [0.25, 0.3) is 0 Å². The molecule has 0 aromatic heterocycles. The monoisotopic (exact) mass is 212 g/mol. The van der Waals surface area contributed by atoms with E-state index in [-0.39, 0.29) is 11.8 Å². The number of hydrogen-bond acceptors (Lipinski definition) is 3. The van der Waals surface area contributed by atoms with Gasteiger partial charge in [-0.05, 0) is 19.8 Å². The molecule has 0 spiro atoms. The van der Waals surface area contributed by atoms with E-state index in [1.807, 2.05) is 33.8 Å². The van der Waals surface area contributed by atoms with Gasteiger partial charge in [-0.1, -0.05) is 13.8 Å². The van der Waals surface area contributed by atoms with Crippen LogP contribution < -0.4 is 5.32 Å². The molecule has 0 aromatic carbocycles. The largest absolute Gasteiger partial charge is 0.382 e. The zero-order valence-corrected chi connectivity index (χ0v) is 10.1. The fourth-order valence-corrected chi connectivity index (χ4v) is 1.32. The first-order valence-corrected chi connectivity index (χ1v) is 5.04. The van der Waals surface area contributed by atoms with Crippen LogP contribution in [-0.4, -0.2) is 25.2 Å². The number of nitrogens with one attached hydrogen (secondary N) is 1. The maximum absolute atomic E-state index is 11.7. The topological polar surface area (TPSA) is 62.1 Å². The normalized spacial score (nSPS) is 13.4. The molecule has 0 fully saturated rings. The van der Waals surface area contributed by atoms with E-state index in [9.17, 15) is 4.79 Å². The SMILES string of the molecule is COCC(C)(C)NC(=O)C(C#N)C(C)C. The van der Waals surface area contributed by atoms with E-state index < -0.39 is 11.5 Å². The second kappa shape index (κ2) is 5.72. The summed E-state index contributed by atoms with van der Waals surface area (Å²) in [7, 11) is 1.58. The second-order valence-corrected chi connectivity index (χ2v) is 4.66. The van der Waals surface area contributed by atoms with E-state index >= 15 is 0 Å². The lowest BCUT2D eigenvalue weighted by Gasteiger charge is -2.27. The predicted molar refractivity (Wildman–Crippen MR) is 58.0 cm³/mol. The Labute approximate surface area is 91.6 Å². The van der Waals surface area contributed by atoms with Crippen molar-refractivity contribution in [2.24, 2.45) is 11.8 Å². The number of methoxy groups -OCH3 is 1. The molecule has 15 heavy (non-hydrogen) atoms. The highest BCUT2D eigenvalue weighted by Gasteiger charge is 2.27. The maximum atomic E-state index is 11.7. The summed E-state index contributed by atoms with van der Waals surface area (Å²) in [5, 5.41) is 11.7. The maximum Gasteiger partial charge on any atom is 0.238 e. The summed E-state index contributed by atoms with van der Waals surface area (Å²) in [6.45, 7) is 7.87. The average Bonchev–Trinajstić information content (AvgIpc) is 2.02. The molecule has 4 heteroatoms. The van der Waals surface area contributed by atoms with Crippen molar-refractivity contribution in [3.05, 3.63) is 0 Å². The Kier molecular flexibility index (Phi) is 5.31. The second-order valence-electron chi connectivity index (χ2n) is 4.66. The fourth-order valence-electron chi connectivity index (χ4n) is 1.32. The molecule has 86 valence electrons. The first-order valence-electron chi connectivity index (χ1n) is 5.04. The minimum absolute atomic E-state index is 0.0216.